The maximum absolute atomic E-state index is 13.2. The molecule has 1 aromatic carbocycles. The number of aromatic amines is 1. The van der Waals surface area contributed by atoms with Crippen LogP contribution in [0.15, 0.2) is 34.9 Å². The first-order valence-corrected chi connectivity index (χ1v) is 11.4. The first-order chi connectivity index (χ1) is 14.6. The van der Waals surface area contributed by atoms with Gasteiger partial charge in [0.1, 0.15) is 11.8 Å². The van der Waals surface area contributed by atoms with Gasteiger partial charge in [-0.1, -0.05) is 15.9 Å². The summed E-state index contributed by atoms with van der Waals surface area (Å²) >= 11 is 3.40. The standard InChI is InChI=1S/C22H25BrN4O3/c23-16-3-5-17(6-4-16)30-9-1-2-21(28)27-19-10-14(19)11-20(27)22(29)26-8-7-18-15(13-26)12-24-25-18/h3-6,12,14,19-20H,1-2,7-11,13H2,(H,24,25)/t14-,19-,20-/m0/s1. The quantitative estimate of drug-likeness (QED) is 0.655. The lowest BCUT2D eigenvalue weighted by Gasteiger charge is -2.34. The highest BCUT2D eigenvalue weighted by Gasteiger charge is 2.56. The number of hydrogen-bond acceptors (Lipinski definition) is 4. The Labute approximate surface area is 183 Å². The SMILES string of the molecule is O=C([C@@H]1C[C@@H]2C[C@@H]2N1C(=O)CCCOc1ccc(Br)cc1)N1CCc2[nH]ncc2C1. The molecule has 1 aromatic heterocycles. The van der Waals surface area contributed by atoms with Crippen molar-refractivity contribution in [3.63, 3.8) is 0 Å². The van der Waals surface area contributed by atoms with Gasteiger partial charge in [-0.3, -0.25) is 14.7 Å². The van der Waals surface area contributed by atoms with Crippen LogP contribution >= 0.6 is 15.9 Å². The second-order valence-electron chi connectivity index (χ2n) is 8.41. The molecule has 30 heavy (non-hydrogen) atoms. The second-order valence-corrected chi connectivity index (χ2v) is 9.32. The highest BCUT2D eigenvalue weighted by atomic mass is 79.9. The molecule has 158 valence electrons. The van der Waals surface area contributed by atoms with Crippen LogP contribution in [-0.2, 0) is 22.6 Å². The number of piperidine rings is 1. The number of benzene rings is 1. The van der Waals surface area contributed by atoms with Gasteiger partial charge in [-0.15, -0.1) is 0 Å². The minimum Gasteiger partial charge on any atom is -0.494 e. The molecule has 0 unspecified atom stereocenters. The number of likely N-dealkylation sites (tertiary alicyclic amines) is 1. The minimum atomic E-state index is -0.304. The summed E-state index contributed by atoms with van der Waals surface area (Å²) < 4.78 is 6.74. The minimum absolute atomic E-state index is 0.0822. The van der Waals surface area contributed by atoms with Crippen LogP contribution in [0.25, 0.3) is 0 Å². The molecule has 3 aliphatic rings. The second kappa shape index (κ2) is 8.06. The summed E-state index contributed by atoms with van der Waals surface area (Å²) in [5.74, 6) is 1.47. The number of rotatable bonds is 6. The average Bonchev–Trinajstić information content (AvgIpc) is 3.19. The van der Waals surface area contributed by atoms with E-state index in [2.05, 4.69) is 26.1 Å². The van der Waals surface area contributed by atoms with Crippen LogP contribution in [0.4, 0.5) is 0 Å². The van der Waals surface area contributed by atoms with Gasteiger partial charge in [0.2, 0.25) is 11.8 Å². The first kappa shape index (κ1) is 19.6. The van der Waals surface area contributed by atoms with Gasteiger partial charge in [0.25, 0.3) is 0 Å². The number of H-pyrrole nitrogens is 1. The summed E-state index contributed by atoms with van der Waals surface area (Å²) in [4.78, 5) is 30.0. The normalized spacial score (nSPS) is 24.4. The van der Waals surface area contributed by atoms with E-state index < -0.39 is 0 Å². The summed E-state index contributed by atoms with van der Waals surface area (Å²) in [6.45, 7) is 1.76. The van der Waals surface area contributed by atoms with Crippen LogP contribution < -0.4 is 4.74 Å². The number of halogens is 1. The molecule has 3 heterocycles. The Morgan fingerprint density at radius 3 is 2.90 bits per heavy atom. The number of aromatic nitrogens is 2. The predicted octanol–water partition coefficient (Wildman–Crippen LogP) is 2.91. The number of amides is 2. The van der Waals surface area contributed by atoms with Gasteiger partial charge in [-0.05, 0) is 49.4 Å². The molecule has 1 aliphatic carbocycles. The zero-order valence-corrected chi connectivity index (χ0v) is 18.3. The monoisotopic (exact) mass is 472 g/mol. The zero-order valence-electron chi connectivity index (χ0n) is 16.7. The molecule has 3 atom stereocenters. The maximum atomic E-state index is 13.2. The Morgan fingerprint density at radius 1 is 1.23 bits per heavy atom. The van der Waals surface area contributed by atoms with Crippen LogP contribution in [-0.4, -0.2) is 57.0 Å². The number of ether oxygens (including phenoxy) is 1. The summed E-state index contributed by atoms with van der Waals surface area (Å²) in [7, 11) is 0. The average molecular weight is 473 g/mol. The molecule has 2 aromatic rings. The Hall–Kier alpha value is -2.35. The maximum Gasteiger partial charge on any atom is 0.245 e. The Bertz CT molecular complexity index is 944. The van der Waals surface area contributed by atoms with E-state index in [1.165, 1.54) is 0 Å². The van der Waals surface area contributed by atoms with E-state index in [0.29, 0.717) is 38.5 Å². The number of carbonyl (C=O) groups excluding carboxylic acids is 2. The van der Waals surface area contributed by atoms with Crippen LogP contribution in [0.5, 0.6) is 5.75 Å². The third kappa shape index (κ3) is 3.85. The van der Waals surface area contributed by atoms with E-state index in [1.807, 2.05) is 34.1 Å². The number of nitrogens with one attached hydrogen (secondary N) is 1. The molecule has 7 nitrogen and oxygen atoms in total. The fourth-order valence-corrected chi connectivity index (χ4v) is 4.99. The molecule has 1 saturated heterocycles. The highest BCUT2D eigenvalue weighted by Crippen LogP contribution is 2.48. The van der Waals surface area contributed by atoms with Crippen molar-refractivity contribution in [2.24, 2.45) is 5.92 Å². The van der Waals surface area contributed by atoms with Gasteiger partial charge in [0.05, 0.1) is 12.8 Å². The smallest absolute Gasteiger partial charge is 0.245 e. The van der Waals surface area contributed by atoms with E-state index in [-0.39, 0.29) is 23.9 Å². The van der Waals surface area contributed by atoms with Crippen molar-refractivity contribution in [3.8, 4) is 5.75 Å². The Balaban J connectivity index is 1.15. The lowest BCUT2D eigenvalue weighted by atomic mass is 10.1. The largest absolute Gasteiger partial charge is 0.494 e. The van der Waals surface area contributed by atoms with E-state index in [1.54, 1.807) is 6.20 Å². The molecule has 1 saturated carbocycles. The van der Waals surface area contributed by atoms with Crippen molar-refractivity contribution in [2.45, 2.75) is 50.7 Å². The third-order valence-corrected chi connectivity index (χ3v) is 6.94. The van der Waals surface area contributed by atoms with Gasteiger partial charge in [-0.25, -0.2) is 0 Å². The fourth-order valence-electron chi connectivity index (χ4n) is 4.73. The van der Waals surface area contributed by atoms with Crippen LogP contribution in [0.1, 0.15) is 36.9 Å². The molecule has 0 spiro atoms. The number of carbonyl (C=O) groups is 2. The van der Waals surface area contributed by atoms with Gasteiger partial charge < -0.3 is 14.5 Å². The highest BCUT2D eigenvalue weighted by molar-refractivity contribution is 9.10. The number of hydrogen-bond donors (Lipinski definition) is 1. The van der Waals surface area contributed by atoms with Crippen molar-refractivity contribution in [2.75, 3.05) is 13.2 Å². The fraction of sp³-hybridized carbons (Fsp3) is 0.500. The van der Waals surface area contributed by atoms with Crippen molar-refractivity contribution < 1.29 is 14.3 Å². The summed E-state index contributed by atoms with van der Waals surface area (Å²) in [6, 6.07) is 7.62. The Morgan fingerprint density at radius 2 is 2.07 bits per heavy atom. The predicted molar refractivity (Wildman–Crippen MR) is 114 cm³/mol. The zero-order chi connectivity index (χ0) is 20.7. The Kier molecular flexibility index (Phi) is 5.26. The lowest BCUT2D eigenvalue weighted by Crippen LogP contribution is -2.50. The van der Waals surface area contributed by atoms with E-state index in [4.69, 9.17) is 4.74 Å². The molecule has 1 N–H and O–H groups in total. The molecule has 8 heteroatoms. The summed E-state index contributed by atoms with van der Waals surface area (Å²) in [6.07, 6.45) is 5.49. The third-order valence-electron chi connectivity index (χ3n) is 6.41. The van der Waals surface area contributed by atoms with E-state index in [9.17, 15) is 9.59 Å². The van der Waals surface area contributed by atoms with Crippen molar-refractivity contribution >= 4 is 27.7 Å². The molecular weight excluding hydrogens is 448 g/mol. The van der Waals surface area contributed by atoms with Crippen LogP contribution in [0, 0.1) is 5.92 Å². The first-order valence-electron chi connectivity index (χ1n) is 10.6. The number of nitrogens with zero attached hydrogens (tertiary/aromatic N) is 3. The van der Waals surface area contributed by atoms with Crippen molar-refractivity contribution in [3.05, 3.63) is 46.2 Å². The lowest BCUT2D eigenvalue weighted by molar-refractivity contribution is -0.145. The number of fused-ring (bicyclic) bond motifs is 2. The topological polar surface area (TPSA) is 78.5 Å². The van der Waals surface area contributed by atoms with Gasteiger partial charge in [0, 0.05) is 47.7 Å². The van der Waals surface area contributed by atoms with Gasteiger partial charge in [-0.2, -0.15) is 5.10 Å². The molecule has 2 aliphatic heterocycles. The van der Waals surface area contributed by atoms with Gasteiger partial charge in [0.15, 0.2) is 0 Å². The molecular formula is C22H25BrN4O3. The van der Waals surface area contributed by atoms with Crippen LogP contribution in [0.2, 0.25) is 0 Å². The molecule has 0 bridgehead atoms. The van der Waals surface area contributed by atoms with E-state index >= 15 is 0 Å². The molecule has 5 rings (SSSR count). The molecule has 0 radical (unpaired) electrons. The van der Waals surface area contributed by atoms with Crippen LogP contribution in [0.3, 0.4) is 0 Å². The molecule has 2 amide bonds. The molecule has 2 fully saturated rings. The summed E-state index contributed by atoms with van der Waals surface area (Å²) in [5, 5.41) is 7.09. The summed E-state index contributed by atoms with van der Waals surface area (Å²) in [5.41, 5.74) is 2.20. The van der Waals surface area contributed by atoms with Gasteiger partial charge >= 0.3 is 0 Å². The van der Waals surface area contributed by atoms with Crippen molar-refractivity contribution in [1.29, 1.82) is 0 Å². The van der Waals surface area contributed by atoms with Crippen molar-refractivity contribution in [1.82, 2.24) is 20.0 Å². The van der Waals surface area contributed by atoms with E-state index in [0.717, 1.165) is 40.7 Å².